The van der Waals surface area contributed by atoms with Crippen molar-refractivity contribution in [1.29, 1.82) is 0 Å². The van der Waals surface area contributed by atoms with Gasteiger partial charge in [-0.3, -0.25) is 4.79 Å². The van der Waals surface area contributed by atoms with E-state index in [1.165, 1.54) is 6.33 Å². The molecule has 2 aromatic rings. The molecular weight excluding hydrogens is 222 g/mol. The van der Waals surface area contributed by atoms with Crippen LogP contribution in [0, 0.1) is 0 Å². The van der Waals surface area contributed by atoms with Gasteiger partial charge in [-0.1, -0.05) is 0 Å². The average molecular weight is 237 g/mol. The average Bonchev–Trinajstić information content (AvgIpc) is 2.75. The minimum absolute atomic E-state index is 0.00875. The second-order valence-corrected chi connectivity index (χ2v) is 3.72. The van der Waals surface area contributed by atoms with Crippen molar-refractivity contribution in [1.82, 2.24) is 19.5 Å². The van der Waals surface area contributed by atoms with Gasteiger partial charge in [0.15, 0.2) is 11.2 Å². The molecule has 1 unspecified atom stereocenters. The van der Waals surface area contributed by atoms with Crippen LogP contribution in [-0.2, 0) is 11.3 Å². The number of aromatic amines is 1. The van der Waals surface area contributed by atoms with E-state index >= 15 is 0 Å². The van der Waals surface area contributed by atoms with Crippen molar-refractivity contribution < 1.29 is 4.74 Å². The molecule has 3 N–H and O–H groups in total. The summed E-state index contributed by atoms with van der Waals surface area (Å²) in [5, 5.41) is 0. The summed E-state index contributed by atoms with van der Waals surface area (Å²) in [6, 6.07) is 0. The zero-order valence-corrected chi connectivity index (χ0v) is 9.59. The fourth-order valence-corrected chi connectivity index (χ4v) is 1.67. The molecule has 0 saturated heterocycles. The molecule has 0 aliphatic rings. The van der Waals surface area contributed by atoms with E-state index in [2.05, 4.69) is 15.0 Å². The van der Waals surface area contributed by atoms with Gasteiger partial charge >= 0.3 is 0 Å². The molecule has 0 fully saturated rings. The first-order valence-electron chi connectivity index (χ1n) is 5.37. The van der Waals surface area contributed by atoms with Gasteiger partial charge < -0.3 is 20.0 Å². The molecule has 0 aromatic carbocycles. The van der Waals surface area contributed by atoms with Gasteiger partial charge in [-0.15, -0.1) is 0 Å². The molecule has 17 heavy (non-hydrogen) atoms. The lowest BCUT2D eigenvalue weighted by atomic mass is 10.2. The van der Waals surface area contributed by atoms with Crippen molar-refractivity contribution in [2.24, 2.45) is 5.73 Å². The van der Waals surface area contributed by atoms with Crippen molar-refractivity contribution in [2.75, 3.05) is 13.7 Å². The highest BCUT2D eigenvalue weighted by molar-refractivity contribution is 5.68. The number of rotatable bonds is 5. The Kier molecular flexibility index (Phi) is 3.50. The summed E-state index contributed by atoms with van der Waals surface area (Å²) in [4.78, 5) is 22.1. The van der Waals surface area contributed by atoms with Gasteiger partial charge in [-0.2, -0.15) is 0 Å². The molecule has 0 bridgehead atoms. The zero-order chi connectivity index (χ0) is 12.3. The van der Waals surface area contributed by atoms with Gasteiger partial charge in [0, 0.05) is 20.2 Å². The Labute approximate surface area is 97.6 Å². The van der Waals surface area contributed by atoms with E-state index in [4.69, 9.17) is 10.5 Å². The molecule has 7 heteroatoms. The van der Waals surface area contributed by atoms with Crippen LogP contribution in [0.5, 0.6) is 0 Å². The number of aromatic nitrogens is 4. The van der Waals surface area contributed by atoms with Crippen molar-refractivity contribution in [3.8, 4) is 0 Å². The summed E-state index contributed by atoms with van der Waals surface area (Å²) < 4.78 is 7.01. The Morgan fingerprint density at radius 2 is 2.41 bits per heavy atom. The van der Waals surface area contributed by atoms with Crippen LogP contribution < -0.4 is 11.3 Å². The van der Waals surface area contributed by atoms with Gasteiger partial charge in [0.2, 0.25) is 0 Å². The van der Waals surface area contributed by atoms with Crippen LogP contribution >= 0.6 is 0 Å². The largest absolute Gasteiger partial charge is 0.380 e. The number of nitrogens with two attached hydrogens (primary N) is 1. The number of ether oxygens (including phenoxy) is 1. The number of methoxy groups -OCH3 is 1. The normalized spacial score (nSPS) is 13.1. The fraction of sp³-hybridized carbons (Fsp3) is 0.500. The molecule has 0 saturated carbocycles. The third-order valence-corrected chi connectivity index (χ3v) is 2.70. The molecule has 2 aromatic heterocycles. The molecule has 0 spiro atoms. The van der Waals surface area contributed by atoms with Crippen molar-refractivity contribution in [3.05, 3.63) is 23.0 Å². The monoisotopic (exact) mass is 237 g/mol. The summed E-state index contributed by atoms with van der Waals surface area (Å²) in [6.07, 6.45) is 3.75. The molecule has 2 heterocycles. The fourth-order valence-electron chi connectivity index (χ4n) is 1.67. The van der Waals surface area contributed by atoms with E-state index < -0.39 is 0 Å². The first-order valence-corrected chi connectivity index (χ1v) is 5.37. The van der Waals surface area contributed by atoms with Crippen LogP contribution in [0.25, 0.3) is 11.2 Å². The molecule has 1 atom stereocenters. The maximum absolute atomic E-state index is 11.4. The second-order valence-electron chi connectivity index (χ2n) is 3.72. The third-order valence-electron chi connectivity index (χ3n) is 2.70. The van der Waals surface area contributed by atoms with Crippen LogP contribution in [0.15, 0.2) is 17.4 Å². The minimum Gasteiger partial charge on any atom is -0.380 e. The van der Waals surface area contributed by atoms with E-state index in [0.29, 0.717) is 24.3 Å². The van der Waals surface area contributed by atoms with Gasteiger partial charge in [0.25, 0.3) is 5.56 Å². The van der Waals surface area contributed by atoms with E-state index in [1.807, 2.05) is 4.57 Å². The summed E-state index contributed by atoms with van der Waals surface area (Å²) in [5.74, 6) is 0. The van der Waals surface area contributed by atoms with Crippen LogP contribution in [0.1, 0.15) is 6.42 Å². The number of imidazole rings is 1. The summed E-state index contributed by atoms with van der Waals surface area (Å²) in [7, 11) is 1.63. The lowest BCUT2D eigenvalue weighted by Gasteiger charge is -2.12. The SMILES string of the molecule is COC(CN)CCn1cnc2c(=O)[nH]cnc21. The lowest BCUT2D eigenvalue weighted by molar-refractivity contribution is 0.0984. The van der Waals surface area contributed by atoms with Gasteiger partial charge in [-0.05, 0) is 6.42 Å². The molecule has 0 amide bonds. The molecule has 0 aliphatic heterocycles. The third kappa shape index (κ3) is 2.34. The lowest BCUT2D eigenvalue weighted by Crippen LogP contribution is -2.23. The predicted molar refractivity (Wildman–Crippen MR) is 62.6 cm³/mol. The van der Waals surface area contributed by atoms with Crippen LogP contribution in [0.3, 0.4) is 0 Å². The molecule has 92 valence electrons. The highest BCUT2D eigenvalue weighted by Gasteiger charge is 2.09. The predicted octanol–water partition coefficient (Wildman–Crippen LogP) is -0.517. The number of fused-ring (bicyclic) bond motifs is 1. The van der Waals surface area contributed by atoms with E-state index in [1.54, 1.807) is 13.4 Å². The Morgan fingerprint density at radius 3 is 3.12 bits per heavy atom. The van der Waals surface area contributed by atoms with Crippen molar-refractivity contribution in [3.63, 3.8) is 0 Å². The maximum atomic E-state index is 11.4. The van der Waals surface area contributed by atoms with Crippen LogP contribution in [-0.4, -0.2) is 39.3 Å². The van der Waals surface area contributed by atoms with Crippen LogP contribution in [0.2, 0.25) is 0 Å². The number of nitrogens with one attached hydrogen (secondary N) is 1. The van der Waals surface area contributed by atoms with Gasteiger partial charge in [-0.25, -0.2) is 9.97 Å². The Bertz CT molecular complexity index is 543. The number of hydrogen-bond acceptors (Lipinski definition) is 5. The van der Waals surface area contributed by atoms with Gasteiger partial charge in [0.1, 0.15) is 0 Å². The molecule has 2 rings (SSSR count). The highest BCUT2D eigenvalue weighted by Crippen LogP contribution is 2.06. The maximum Gasteiger partial charge on any atom is 0.278 e. The topological polar surface area (TPSA) is 98.8 Å². The smallest absolute Gasteiger partial charge is 0.278 e. The van der Waals surface area contributed by atoms with Crippen LogP contribution in [0.4, 0.5) is 0 Å². The summed E-state index contributed by atoms with van der Waals surface area (Å²) >= 11 is 0. The summed E-state index contributed by atoms with van der Waals surface area (Å²) in [6.45, 7) is 1.14. The van der Waals surface area contributed by atoms with Gasteiger partial charge in [0.05, 0.1) is 18.8 Å². The van der Waals surface area contributed by atoms with E-state index in [0.717, 1.165) is 6.42 Å². The van der Waals surface area contributed by atoms with Crippen molar-refractivity contribution >= 4 is 11.2 Å². The second kappa shape index (κ2) is 5.07. The highest BCUT2D eigenvalue weighted by atomic mass is 16.5. The molecule has 7 nitrogen and oxygen atoms in total. The number of nitrogens with zero attached hydrogens (tertiary/aromatic N) is 3. The quantitative estimate of drug-likeness (QED) is 0.729. The Morgan fingerprint density at radius 1 is 1.59 bits per heavy atom. The zero-order valence-electron chi connectivity index (χ0n) is 9.59. The minimum atomic E-state index is -0.226. The standard InChI is InChI=1S/C10H15N5O2/c1-17-7(4-11)2-3-15-6-14-8-9(15)12-5-13-10(8)16/h5-7H,2-4,11H2,1H3,(H,12,13,16). The molecule has 0 radical (unpaired) electrons. The first kappa shape index (κ1) is 11.7. The summed E-state index contributed by atoms with van der Waals surface area (Å²) in [5.41, 5.74) is 6.25. The van der Waals surface area contributed by atoms with E-state index in [9.17, 15) is 4.79 Å². The first-order chi connectivity index (χ1) is 8.26. The molecule has 0 aliphatic carbocycles. The van der Waals surface area contributed by atoms with E-state index in [-0.39, 0.29) is 11.7 Å². The number of hydrogen-bond donors (Lipinski definition) is 2. The van der Waals surface area contributed by atoms with Crippen molar-refractivity contribution in [2.45, 2.75) is 19.1 Å². The number of aryl methyl sites for hydroxylation is 1. The Balaban J connectivity index is 2.20. The molecular formula is C10H15N5O2. The Hall–Kier alpha value is -1.73. The number of H-pyrrole nitrogens is 1.